The highest BCUT2D eigenvalue weighted by atomic mass is 35.5. The number of aromatic nitrogens is 2. The molecule has 0 saturated heterocycles. The van der Waals surface area contributed by atoms with Crippen molar-refractivity contribution < 1.29 is 9.18 Å². The Morgan fingerprint density at radius 1 is 1.19 bits per heavy atom. The molecule has 2 aromatic rings. The van der Waals surface area contributed by atoms with E-state index in [-0.39, 0.29) is 36.3 Å². The Balaban J connectivity index is 0.00000200. The SMILES string of the molecule is Cl.Cl.NCCCCNC(=O)c1cc(F)cc2nccnc12. The summed E-state index contributed by atoms with van der Waals surface area (Å²) >= 11 is 0. The molecule has 1 aromatic carbocycles. The molecular weight excluding hydrogens is 318 g/mol. The lowest BCUT2D eigenvalue weighted by Gasteiger charge is -2.07. The lowest BCUT2D eigenvalue weighted by Crippen LogP contribution is -2.25. The molecule has 0 bridgehead atoms. The van der Waals surface area contributed by atoms with E-state index in [1.807, 2.05) is 0 Å². The van der Waals surface area contributed by atoms with Crippen LogP contribution in [0, 0.1) is 5.82 Å². The number of hydrogen-bond acceptors (Lipinski definition) is 4. The molecule has 0 unspecified atom stereocenters. The number of nitrogens with two attached hydrogens (primary N) is 1. The summed E-state index contributed by atoms with van der Waals surface area (Å²) in [6, 6.07) is 2.43. The lowest BCUT2D eigenvalue weighted by molar-refractivity contribution is 0.0954. The minimum Gasteiger partial charge on any atom is -0.352 e. The van der Waals surface area contributed by atoms with E-state index in [9.17, 15) is 9.18 Å². The van der Waals surface area contributed by atoms with Crippen molar-refractivity contribution in [3.8, 4) is 0 Å². The van der Waals surface area contributed by atoms with Crippen LogP contribution in [-0.2, 0) is 0 Å². The Hall–Kier alpha value is -1.50. The van der Waals surface area contributed by atoms with Gasteiger partial charge in [0, 0.05) is 25.0 Å². The molecule has 0 radical (unpaired) electrons. The van der Waals surface area contributed by atoms with Crippen molar-refractivity contribution in [2.45, 2.75) is 12.8 Å². The summed E-state index contributed by atoms with van der Waals surface area (Å²) in [6.07, 6.45) is 4.57. The molecule has 1 amide bonds. The van der Waals surface area contributed by atoms with Gasteiger partial charge in [0.05, 0.1) is 11.1 Å². The number of nitrogens with zero attached hydrogens (tertiary/aromatic N) is 2. The summed E-state index contributed by atoms with van der Waals surface area (Å²) < 4.78 is 13.4. The van der Waals surface area contributed by atoms with Gasteiger partial charge in [-0.15, -0.1) is 24.8 Å². The van der Waals surface area contributed by atoms with Crippen LogP contribution < -0.4 is 11.1 Å². The van der Waals surface area contributed by atoms with E-state index in [1.165, 1.54) is 24.5 Å². The Bertz CT molecular complexity index is 597. The molecule has 0 saturated carbocycles. The molecule has 21 heavy (non-hydrogen) atoms. The van der Waals surface area contributed by atoms with E-state index < -0.39 is 5.82 Å². The summed E-state index contributed by atoms with van der Waals surface area (Å²) in [6.45, 7) is 1.10. The number of benzene rings is 1. The maximum atomic E-state index is 13.4. The second kappa shape index (κ2) is 9.44. The fraction of sp³-hybridized carbons (Fsp3) is 0.308. The third-order valence-corrected chi connectivity index (χ3v) is 2.70. The zero-order chi connectivity index (χ0) is 13.7. The van der Waals surface area contributed by atoms with E-state index in [0.717, 1.165) is 12.8 Å². The van der Waals surface area contributed by atoms with Gasteiger partial charge in [-0.2, -0.15) is 0 Å². The third kappa shape index (κ3) is 5.08. The van der Waals surface area contributed by atoms with Crippen molar-refractivity contribution in [2.75, 3.05) is 13.1 Å². The van der Waals surface area contributed by atoms with Crippen molar-refractivity contribution in [3.63, 3.8) is 0 Å². The maximum Gasteiger partial charge on any atom is 0.253 e. The Morgan fingerprint density at radius 3 is 2.62 bits per heavy atom. The third-order valence-electron chi connectivity index (χ3n) is 2.70. The number of unbranched alkanes of at least 4 members (excludes halogenated alkanes) is 1. The summed E-state index contributed by atoms with van der Waals surface area (Å²) in [4.78, 5) is 20.1. The molecule has 3 N–H and O–H groups in total. The number of amides is 1. The van der Waals surface area contributed by atoms with Crippen LogP contribution >= 0.6 is 24.8 Å². The molecule has 1 aromatic heterocycles. The molecule has 5 nitrogen and oxygen atoms in total. The van der Waals surface area contributed by atoms with Gasteiger partial charge in [0.15, 0.2) is 0 Å². The van der Waals surface area contributed by atoms with E-state index in [1.54, 1.807) is 0 Å². The van der Waals surface area contributed by atoms with Crippen LogP contribution in [0.25, 0.3) is 11.0 Å². The Labute approximate surface area is 134 Å². The lowest BCUT2D eigenvalue weighted by atomic mass is 10.1. The second-order valence-electron chi connectivity index (χ2n) is 4.13. The maximum absolute atomic E-state index is 13.4. The first-order chi connectivity index (χ1) is 9.22. The normalized spacial score (nSPS) is 9.62. The van der Waals surface area contributed by atoms with Gasteiger partial charge < -0.3 is 11.1 Å². The molecule has 1 heterocycles. The van der Waals surface area contributed by atoms with Gasteiger partial charge in [0.2, 0.25) is 0 Å². The first-order valence-electron chi connectivity index (χ1n) is 6.11. The zero-order valence-electron chi connectivity index (χ0n) is 11.2. The van der Waals surface area contributed by atoms with Crippen LogP contribution in [0.15, 0.2) is 24.5 Å². The first-order valence-corrected chi connectivity index (χ1v) is 6.11. The van der Waals surface area contributed by atoms with Crippen molar-refractivity contribution in [2.24, 2.45) is 5.73 Å². The second-order valence-corrected chi connectivity index (χ2v) is 4.13. The highest BCUT2D eigenvalue weighted by Crippen LogP contribution is 2.16. The van der Waals surface area contributed by atoms with Crippen molar-refractivity contribution >= 4 is 41.8 Å². The summed E-state index contributed by atoms with van der Waals surface area (Å²) in [5.41, 5.74) is 6.35. The van der Waals surface area contributed by atoms with Gasteiger partial charge in [-0.1, -0.05) is 0 Å². The highest BCUT2D eigenvalue weighted by molar-refractivity contribution is 6.04. The van der Waals surface area contributed by atoms with Gasteiger partial charge in [-0.05, 0) is 25.5 Å². The number of fused-ring (bicyclic) bond motifs is 1. The van der Waals surface area contributed by atoms with Gasteiger partial charge >= 0.3 is 0 Å². The number of halogens is 3. The number of carbonyl (C=O) groups excluding carboxylic acids is 1. The molecule has 0 fully saturated rings. The average Bonchev–Trinajstić information content (AvgIpc) is 2.42. The van der Waals surface area contributed by atoms with Crippen LogP contribution in [0.3, 0.4) is 0 Å². The van der Waals surface area contributed by atoms with E-state index >= 15 is 0 Å². The molecule has 0 aliphatic heterocycles. The topological polar surface area (TPSA) is 80.9 Å². The molecule has 8 heteroatoms. The van der Waals surface area contributed by atoms with E-state index in [0.29, 0.717) is 24.1 Å². The average molecular weight is 335 g/mol. The minimum atomic E-state index is -0.500. The molecule has 116 valence electrons. The summed E-state index contributed by atoms with van der Waals surface area (Å²) in [7, 11) is 0. The fourth-order valence-corrected chi connectivity index (χ4v) is 1.78. The van der Waals surface area contributed by atoms with E-state index in [2.05, 4.69) is 15.3 Å². The zero-order valence-corrected chi connectivity index (χ0v) is 12.8. The first kappa shape index (κ1) is 19.5. The van der Waals surface area contributed by atoms with E-state index in [4.69, 9.17) is 5.73 Å². The van der Waals surface area contributed by atoms with Crippen molar-refractivity contribution in [3.05, 3.63) is 35.9 Å². The fourth-order valence-electron chi connectivity index (χ4n) is 1.78. The highest BCUT2D eigenvalue weighted by Gasteiger charge is 2.13. The Kier molecular flexibility index (Phi) is 8.76. The molecule has 0 spiro atoms. The monoisotopic (exact) mass is 334 g/mol. The number of hydrogen-bond donors (Lipinski definition) is 2. The summed E-state index contributed by atoms with van der Waals surface area (Å²) in [5.74, 6) is -0.845. The Morgan fingerprint density at radius 2 is 1.90 bits per heavy atom. The largest absolute Gasteiger partial charge is 0.352 e. The molecular formula is C13H17Cl2FN4O. The smallest absolute Gasteiger partial charge is 0.253 e. The number of rotatable bonds is 5. The van der Waals surface area contributed by atoms with Crippen LogP contribution in [-0.4, -0.2) is 29.0 Å². The van der Waals surface area contributed by atoms with Gasteiger partial charge in [-0.25, -0.2) is 4.39 Å². The van der Waals surface area contributed by atoms with Gasteiger partial charge in [0.25, 0.3) is 5.91 Å². The molecule has 0 aliphatic rings. The molecule has 0 atom stereocenters. The predicted molar refractivity (Wildman–Crippen MR) is 84.6 cm³/mol. The van der Waals surface area contributed by atoms with Crippen molar-refractivity contribution in [1.82, 2.24) is 15.3 Å². The number of nitrogens with one attached hydrogen (secondary N) is 1. The predicted octanol–water partition coefficient (Wildman–Crippen LogP) is 2.08. The molecule has 2 rings (SSSR count). The van der Waals surface area contributed by atoms with Crippen molar-refractivity contribution in [1.29, 1.82) is 0 Å². The van der Waals surface area contributed by atoms with Gasteiger partial charge in [-0.3, -0.25) is 14.8 Å². The van der Waals surface area contributed by atoms with Crippen LogP contribution in [0.4, 0.5) is 4.39 Å². The standard InChI is InChI=1S/C13H15FN4O.2ClH/c14-9-7-10(13(19)18-4-2-1-3-15)12-11(8-9)16-5-6-17-12;;/h5-8H,1-4,15H2,(H,18,19);2*1H. The minimum absolute atomic E-state index is 0. The van der Waals surface area contributed by atoms with Crippen LogP contribution in [0.1, 0.15) is 23.2 Å². The number of carbonyl (C=O) groups is 1. The van der Waals surface area contributed by atoms with Crippen LogP contribution in [0.2, 0.25) is 0 Å². The quantitative estimate of drug-likeness (QED) is 0.820. The summed E-state index contributed by atoms with van der Waals surface area (Å²) in [5, 5.41) is 2.72. The van der Waals surface area contributed by atoms with Crippen LogP contribution in [0.5, 0.6) is 0 Å². The molecule has 0 aliphatic carbocycles. The van der Waals surface area contributed by atoms with Gasteiger partial charge in [0.1, 0.15) is 11.3 Å².